The molecular formula is C17H24N4O3S3. The normalized spacial score (nSPS) is 18.5. The number of rotatable bonds is 8. The summed E-state index contributed by atoms with van der Waals surface area (Å²) in [6.45, 7) is 3.01. The first-order valence-electron chi connectivity index (χ1n) is 9.18. The molecule has 1 fully saturated rings. The molecule has 0 bridgehead atoms. The average Bonchev–Trinajstić information content (AvgIpc) is 3.34. The molecule has 1 saturated heterocycles. The molecule has 0 aromatic carbocycles. The first-order chi connectivity index (χ1) is 13.0. The van der Waals surface area contributed by atoms with Crippen molar-refractivity contribution < 1.29 is 13.2 Å². The lowest BCUT2D eigenvalue weighted by atomic mass is 10.0. The maximum absolute atomic E-state index is 12.9. The van der Waals surface area contributed by atoms with E-state index >= 15 is 0 Å². The number of nitrogens with zero attached hydrogens (tertiary/aromatic N) is 3. The van der Waals surface area contributed by atoms with Crippen LogP contribution in [-0.4, -0.2) is 47.3 Å². The van der Waals surface area contributed by atoms with Crippen molar-refractivity contribution in [1.82, 2.24) is 19.2 Å². The fourth-order valence-electron chi connectivity index (χ4n) is 3.32. The standard InChI is InChI=1S/C17H24N4O3S3/c1-2-6-14-16(26-20-19-14)17(22)18-10-9-13-7-3-4-11-21(13)27(23,24)15-8-5-12-25-15/h5,8,12-13H,2-4,6-7,9-11H2,1H3,(H,18,22). The van der Waals surface area contributed by atoms with Crippen molar-refractivity contribution in [3.05, 3.63) is 28.1 Å². The molecular weight excluding hydrogens is 404 g/mol. The van der Waals surface area contributed by atoms with Crippen molar-refractivity contribution in [3.63, 3.8) is 0 Å². The molecule has 1 aliphatic rings. The molecule has 10 heteroatoms. The zero-order valence-electron chi connectivity index (χ0n) is 15.3. The summed E-state index contributed by atoms with van der Waals surface area (Å²) in [5, 5.41) is 8.71. The van der Waals surface area contributed by atoms with Crippen LogP contribution in [0.1, 0.15) is 54.4 Å². The van der Waals surface area contributed by atoms with Gasteiger partial charge < -0.3 is 5.32 Å². The van der Waals surface area contributed by atoms with Gasteiger partial charge in [0.25, 0.3) is 15.9 Å². The van der Waals surface area contributed by atoms with Gasteiger partial charge in [0.15, 0.2) is 0 Å². The van der Waals surface area contributed by atoms with E-state index in [9.17, 15) is 13.2 Å². The van der Waals surface area contributed by atoms with E-state index in [1.165, 1.54) is 11.3 Å². The van der Waals surface area contributed by atoms with Crippen LogP contribution in [-0.2, 0) is 16.4 Å². The van der Waals surface area contributed by atoms with Crippen molar-refractivity contribution in [2.45, 2.75) is 55.7 Å². The fourth-order valence-corrected chi connectivity index (χ4v) is 6.79. The third-order valence-electron chi connectivity index (χ3n) is 4.64. The number of aromatic nitrogens is 2. The zero-order valence-corrected chi connectivity index (χ0v) is 17.7. The van der Waals surface area contributed by atoms with Gasteiger partial charge in [-0.25, -0.2) is 8.42 Å². The van der Waals surface area contributed by atoms with Crippen molar-refractivity contribution in [2.24, 2.45) is 0 Å². The number of amides is 1. The second-order valence-electron chi connectivity index (χ2n) is 6.54. The summed E-state index contributed by atoms with van der Waals surface area (Å²) in [6, 6.07) is 3.33. The Balaban J connectivity index is 1.60. The fraction of sp³-hybridized carbons (Fsp3) is 0.588. The molecule has 27 heavy (non-hydrogen) atoms. The van der Waals surface area contributed by atoms with Crippen LogP contribution >= 0.6 is 22.9 Å². The lowest BCUT2D eigenvalue weighted by Crippen LogP contribution is -2.44. The summed E-state index contributed by atoms with van der Waals surface area (Å²) in [4.78, 5) is 13.0. The number of sulfonamides is 1. The van der Waals surface area contributed by atoms with Gasteiger partial charge in [-0.3, -0.25) is 4.79 Å². The van der Waals surface area contributed by atoms with Gasteiger partial charge in [0.05, 0.1) is 5.69 Å². The largest absolute Gasteiger partial charge is 0.351 e. The lowest BCUT2D eigenvalue weighted by Gasteiger charge is -2.34. The van der Waals surface area contributed by atoms with Crippen molar-refractivity contribution in [2.75, 3.05) is 13.1 Å². The Morgan fingerprint density at radius 2 is 2.26 bits per heavy atom. The Kier molecular flexibility index (Phi) is 6.96. The molecule has 2 aromatic heterocycles. The molecule has 1 unspecified atom stereocenters. The number of nitrogens with one attached hydrogen (secondary N) is 1. The summed E-state index contributed by atoms with van der Waals surface area (Å²) >= 11 is 2.36. The van der Waals surface area contributed by atoms with Gasteiger partial charge in [-0.15, -0.1) is 16.4 Å². The topological polar surface area (TPSA) is 92.3 Å². The predicted molar refractivity (Wildman–Crippen MR) is 107 cm³/mol. The average molecular weight is 429 g/mol. The molecule has 148 valence electrons. The van der Waals surface area contributed by atoms with E-state index in [-0.39, 0.29) is 11.9 Å². The predicted octanol–water partition coefficient (Wildman–Crippen LogP) is 2.92. The van der Waals surface area contributed by atoms with Crippen LogP contribution in [0.5, 0.6) is 0 Å². The Morgan fingerprint density at radius 3 is 3.00 bits per heavy atom. The molecule has 1 atom stereocenters. The van der Waals surface area contributed by atoms with E-state index < -0.39 is 10.0 Å². The van der Waals surface area contributed by atoms with Crippen molar-refractivity contribution in [1.29, 1.82) is 0 Å². The Bertz CT molecular complexity index is 849. The highest BCUT2D eigenvalue weighted by atomic mass is 32.2. The van der Waals surface area contributed by atoms with E-state index in [2.05, 4.69) is 14.9 Å². The molecule has 0 spiro atoms. The van der Waals surface area contributed by atoms with E-state index in [0.29, 0.717) is 28.6 Å². The quantitative estimate of drug-likeness (QED) is 0.698. The minimum Gasteiger partial charge on any atom is -0.351 e. The van der Waals surface area contributed by atoms with Gasteiger partial charge in [-0.2, -0.15) is 4.31 Å². The highest BCUT2D eigenvalue weighted by Crippen LogP contribution is 2.29. The minimum absolute atomic E-state index is 0.0825. The summed E-state index contributed by atoms with van der Waals surface area (Å²) in [6.07, 6.45) is 4.95. The smallest absolute Gasteiger partial charge is 0.264 e. The summed E-state index contributed by atoms with van der Waals surface area (Å²) in [5.74, 6) is -0.170. The Labute approximate surface area is 168 Å². The summed E-state index contributed by atoms with van der Waals surface area (Å²) in [7, 11) is -3.45. The number of thiophene rings is 1. The van der Waals surface area contributed by atoms with Gasteiger partial charge in [0, 0.05) is 19.1 Å². The SMILES string of the molecule is CCCc1nnsc1C(=O)NCCC1CCCCN1S(=O)(=O)c1cccs1. The van der Waals surface area contributed by atoms with Gasteiger partial charge in [-0.1, -0.05) is 30.3 Å². The molecule has 0 aliphatic carbocycles. The number of carbonyl (C=O) groups excluding carboxylic acids is 1. The van der Waals surface area contributed by atoms with Crippen LogP contribution in [0.15, 0.2) is 21.7 Å². The van der Waals surface area contributed by atoms with E-state index in [1.807, 2.05) is 6.92 Å². The van der Waals surface area contributed by atoms with Crippen LogP contribution in [0, 0.1) is 0 Å². The van der Waals surface area contributed by atoms with E-state index in [4.69, 9.17) is 0 Å². The Morgan fingerprint density at radius 1 is 1.41 bits per heavy atom. The molecule has 1 N–H and O–H groups in total. The molecule has 1 aliphatic heterocycles. The van der Waals surface area contributed by atoms with Crippen molar-refractivity contribution >= 4 is 38.8 Å². The van der Waals surface area contributed by atoms with Crippen LogP contribution in [0.25, 0.3) is 0 Å². The maximum Gasteiger partial charge on any atom is 0.264 e. The molecule has 3 heterocycles. The first-order valence-corrected chi connectivity index (χ1v) is 12.3. The van der Waals surface area contributed by atoms with Gasteiger partial charge in [0.2, 0.25) is 0 Å². The third kappa shape index (κ3) is 4.74. The Hall–Kier alpha value is -1.36. The van der Waals surface area contributed by atoms with Gasteiger partial charge in [0.1, 0.15) is 9.09 Å². The molecule has 0 saturated carbocycles. The monoisotopic (exact) mass is 428 g/mol. The summed E-state index contributed by atoms with van der Waals surface area (Å²) < 4.78 is 31.7. The molecule has 3 rings (SSSR count). The van der Waals surface area contributed by atoms with Crippen LogP contribution in [0.4, 0.5) is 0 Å². The number of aryl methyl sites for hydroxylation is 1. The number of hydrogen-bond donors (Lipinski definition) is 1. The number of piperidine rings is 1. The number of carbonyl (C=O) groups is 1. The van der Waals surface area contributed by atoms with Gasteiger partial charge in [-0.05, 0) is 48.7 Å². The zero-order chi connectivity index (χ0) is 19.3. The van der Waals surface area contributed by atoms with Crippen LogP contribution in [0.2, 0.25) is 0 Å². The highest BCUT2D eigenvalue weighted by Gasteiger charge is 2.33. The molecule has 0 radical (unpaired) electrons. The molecule has 2 aromatic rings. The van der Waals surface area contributed by atoms with Crippen molar-refractivity contribution in [3.8, 4) is 0 Å². The molecule has 7 nitrogen and oxygen atoms in total. The minimum atomic E-state index is -3.45. The van der Waals surface area contributed by atoms with E-state index in [0.717, 1.165) is 49.3 Å². The highest BCUT2D eigenvalue weighted by molar-refractivity contribution is 7.91. The second kappa shape index (κ2) is 9.22. The number of hydrogen-bond acceptors (Lipinski definition) is 7. The van der Waals surface area contributed by atoms with Crippen LogP contribution in [0.3, 0.4) is 0 Å². The molecule has 1 amide bonds. The third-order valence-corrected chi connectivity index (χ3v) is 8.73. The van der Waals surface area contributed by atoms with Crippen LogP contribution < -0.4 is 5.32 Å². The summed E-state index contributed by atoms with van der Waals surface area (Å²) in [5.41, 5.74) is 0.736. The lowest BCUT2D eigenvalue weighted by molar-refractivity contribution is 0.0952. The van der Waals surface area contributed by atoms with E-state index in [1.54, 1.807) is 21.8 Å². The first kappa shape index (κ1) is 20.4. The van der Waals surface area contributed by atoms with Gasteiger partial charge >= 0.3 is 0 Å². The maximum atomic E-state index is 12.9. The second-order valence-corrected chi connectivity index (χ2v) is 10.4.